The minimum absolute atomic E-state index is 0.0377. The van der Waals surface area contributed by atoms with E-state index >= 15 is 0 Å². The normalized spacial score (nSPS) is 22.6. The first-order chi connectivity index (χ1) is 13.0. The summed E-state index contributed by atoms with van der Waals surface area (Å²) in [6.45, 7) is 2.85. The number of rotatable bonds is 5. The van der Waals surface area contributed by atoms with Gasteiger partial charge in [0.15, 0.2) is 0 Å². The number of hydrogen-bond donors (Lipinski definition) is 1. The van der Waals surface area contributed by atoms with Crippen LogP contribution in [0.5, 0.6) is 0 Å². The van der Waals surface area contributed by atoms with Crippen molar-refractivity contribution >= 4 is 17.5 Å². The summed E-state index contributed by atoms with van der Waals surface area (Å²) in [5, 5.41) is 8.21. The second kappa shape index (κ2) is 7.50. The predicted molar refractivity (Wildman–Crippen MR) is 104 cm³/mol. The smallest absolute Gasteiger partial charge is 0.346 e. The third-order valence-corrected chi connectivity index (χ3v) is 5.97. The molecule has 4 rings (SSSR count). The summed E-state index contributed by atoms with van der Waals surface area (Å²) in [5.74, 6) is 1.63. The van der Waals surface area contributed by atoms with Crippen LogP contribution in [0.4, 0.5) is 0 Å². The van der Waals surface area contributed by atoms with Crippen LogP contribution < -0.4 is 11.0 Å². The molecule has 7 heteroatoms. The molecule has 2 aliphatic rings. The molecular formula is C20H25ClN4O2. The van der Waals surface area contributed by atoms with Gasteiger partial charge in [0.2, 0.25) is 5.91 Å². The zero-order chi connectivity index (χ0) is 19.0. The van der Waals surface area contributed by atoms with Gasteiger partial charge in [0.1, 0.15) is 12.4 Å². The second-order valence-corrected chi connectivity index (χ2v) is 8.23. The first kappa shape index (κ1) is 18.3. The fourth-order valence-electron chi connectivity index (χ4n) is 4.01. The Bertz CT molecular complexity index is 886. The van der Waals surface area contributed by atoms with E-state index in [-0.39, 0.29) is 24.2 Å². The summed E-state index contributed by atoms with van der Waals surface area (Å²) in [6, 6.07) is 7.56. The van der Waals surface area contributed by atoms with Gasteiger partial charge in [0, 0.05) is 18.0 Å². The number of fused-ring (bicyclic) bond motifs is 1. The molecule has 1 fully saturated rings. The Balaban J connectivity index is 1.49. The van der Waals surface area contributed by atoms with Crippen LogP contribution in [0.15, 0.2) is 29.1 Å². The first-order valence-corrected chi connectivity index (χ1v) is 10.1. The van der Waals surface area contributed by atoms with E-state index in [9.17, 15) is 9.59 Å². The maximum Gasteiger partial charge on any atom is 0.346 e. The molecule has 27 heavy (non-hydrogen) atoms. The van der Waals surface area contributed by atoms with E-state index in [0.717, 1.165) is 43.5 Å². The highest BCUT2D eigenvalue weighted by molar-refractivity contribution is 6.30. The summed E-state index contributed by atoms with van der Waals surface area (Å²) in [5.41, 5.74) is 0.875. The SMILES string of the molecule is C[C@@H]1C[C@@H]1[C@H](NC(=O)Cn1nc2n(c1=O)CCCCC2)c1ccc(Cl)cc1. The predicted octanol–water partition coefficient (Wildman–Crippen LogP) is 2.94. The van der Waals surface area contributed by atoms with Gasteiger partial charge in [-0.1, -0.05) is 37.1 Å². The number of aryl methyl sites for hydroxylation is 1. The molecule has 2 aromatic rings. The van der Waals surface area contributed by atoms with E-state index in [0.29, 0.717) is 23.4 Å². The Kier molecular flexibility index (Phi) is 5.08. The Morgan fingerprint density at radius 1 is 1.30 bits per heavy atom. The van der Waals surface area contributed by atoms with Crippen molar-refractivity contribution in [1.29, 1.82) is 0 Å². The number of carbonyl (C=O) groups is 1. The highest BCUT2D eigenvalue weighted by Crippen LogP contribution is 2.47. The molecule has 0 saturated heterocycles. The quantitative estimate of drug-likeness (QED) is 0.856. The lowest BCUT2D eigenvalue weighted by Gasteiger charge is -2.19. The van der Waals surface area contributed by atoms with Crippen LogP contribution in [-0.4, -0.2) is 20.3 Å². The van der Waals surface area contributed by atoms with Crippen molar-refractivity contribution < 1.29 is 4.79 Å². The number of nitrogens with one attached hydrogen (secondary N) is 1. The Morgan fingerprint density at radius 3 is 2.74 bits per heavy atom. The van der Waals surface area contributed by atoms with Crippen LogP contribution in [0, 0.1) is 11.8 Å². The van der Waals surface area contributed by atoms with Crippen LogP contribution in [0.3, 0.4) is 0 Å². The number of amides is 1. The Labute approximate surface area is 163 Å². The molecule has 0 unspecified atom stereocenters. The molecule has 3 atom stereocenters. The summed E-state index contributed by atoms with van der Waals surface area (Å²) < 4.78 is 3.03. The minimum atomic E-state index is -0.176. The molecule has 1 aromatic heterocycles. The maximum absolute atomic E-state index is 12.7. The number of benzene rings is 1. The monoisotopic (exact) mass is 388 g/mol. The maximum atomic E-state index is 12.7. The van der Waals surface area contributed by atoms with Crippen LogP contribution in [0.1, 0.15) is 50.0 Å². The molecule has 1 N–H and O–H groups in total. The molecule has 1 aliphatic carbocycles. The van der Waals surface area contributed by atoms with Crippen molar-refractivity contribution in [3.63, 3.8) is 0 Å². The van der Waals surface area contributed by atoms with Crippen molar-refractivity contribution in [3.8, 4) is 0 Å². The number of hydrogen-bond acceptors (Lipinski definition) is 3. The summed E-state index contributed by atoms with van der Waals surface area (Å²) >= 11 is 6.00. The third kappa shape index (κ3) is 3.95. The van der Waals surface area contributed by atoms with E-state index in [2.05, 4.69) is 17.3 Å². The van der Waals surface area contributed by atoms with Gasteiger partial charge in [0.05, 0.1) is 6.04 Å². The number of nitrogens with zero attached hydrogens (tertiary/aromatic N) is 3. The van der Waals surface area contributed by atoms with Crippen molar-refractivity contribution in [2.24, 2.45) is 11.8 Å². The third-order valence-electron chi connectivity index (χ3n) is 5.72. The number of aromatic nitrogens is 3. The fourth-order valence-corrected chi connectivity index (χ4v) is 4.13. The molecule has 144 valence electrons. The topological polar surface area (TPSA) is 68.9 Å². The molecule has 0 spiro atoms. The zero-order valence-electron chi connectivity index (χ0n) is 15.5. The van der Waals surface area contributed by atoms with E-state index in [4.69, 9.17) is 11.6 Å². The van der Waals surface area contributed by atoms with Gasteiger partial charge in [0.25, 0.3) is 0 Å². The molecule has 2 heterocycles. The fraction of sp³-hybridized carbons (Fsp3) is 0.550. The van der Waals surface area contributed by atoms with Gasteiger partial charge in [-0.25, -0.2) is 9.48 Å². The molecule has 6 nitrogen and oxygen atoms in total. The summed E-state index contributed by atoms with van der Waals surface area (Å²) in [4.78, 5) is 25.3. The number of carbonyl (C=O) groups excluding carboxylic acids is 1. The van der Waals surface area contributed by atoms with Crippen molar-refractivity contribution in [3.05, 3.63) is 51.2 Å². The molecule has 1 saturated carbocycles. The summed E-state index contributed by atoms with van der Waals surface area (Å²) in [7, 11) is 0. The zero-order valence-corrected chi connectivity index (χ0v) is 16.3. The lowest BCUT2D eigenvalue weighted by atomic mass is 10.0. The first-order valence-electron chi connectivity index (χ1n) is 9.74. The largest absolute Gasteiger partial charge is 0.347 e. The van der Waals surface area contributed by atoms with Gasteiger partial charge in [-0.05, 0) is 48.8 Å². The lowest BCUT2D eigenvalue weighted by Crippen LogP contribution is -2.36. The van der Waals surface area contributed by atoms with E-state index < -0.39 is 0 Å². The Morgan fingerprint density at radius 2 is 2.04 bits per heavy atom. The number of halogens is 1. The van der Waals surface area contributed by atoms with Crippen LogP contribution in [0.2, 0.25) is 5.02 Å². The van der Waals surface area contributed by atoms with Crippen LogP contribution in [0.25, 0.3) is 0 Å². The highest BCUT2D eigenvalue weighted by atomic mass is 35.5. The van der Waals surface area contributed by atoms with Crippen LogP contribution in [-0.2, 0) is 24.3 Å². The highest BCUT2D eigenvalue weighted by Gasteiger charge is 2.41. The van der Waals surface area contributed by atoms with Gasteiger partial charge >= 0.3 is 5.69 Å². The van der Waals surface area contributed by atoms with Gasteiger partial charge < -0.3 is 5.32 Å². The standard InChI is InChI=1S/C20H25ClN4O2/c1-13-11-16(13)19(14-6-8-15(21)9-7-14)22-18(26)12-25-20(27)24-10-4-2-3-5-17(24)23-25/h6-9,13,16,19H,2-5,10-12H2,1H3,(H,22,26)/t13-,16+,19-/m1/s1. The van der Waals surface area contributed by atoms with Crippen molar-refractivity contribution in [2.75, 3.05) is 0 Å². The molecule has 0 radical (unpaired) electrons. The molecule has 0 bridgehead atoms. The second-order valence-electron chi connectivity index (χ2n) is 7.79. The lowest BCUT2D eigenvalue weighted by molar-refractivity contribution is -0.122. The molecular weight excluding hydrogens is 364 g/mol. The average molecular weight is 389 g/mol. The van der Waals surface area contributed by atoms with Gasteiger partial charge in [-0.3, -0.25) is 9.36 Å². The minimum Gasteiger partial charge on any atom is -0.347 e. The van der Waals surface area contributed by atoms with Crippen molar-refractivity contribution in [1.82, 2.24) is 19.7 Å². The van der Waals surface area contributed by atoms with Crippen LogP contribution >= 0.6 is 11.6 Å². The molecule has 1 aliphatic heterocycles. The molecule has 1 aromatic carbocycles. The van der Waals surface area contributed by atoms with E-state index in [1.807, 2.05) is 24.3 Å². The van der Waals surface area contributed by atoms with Gasteiger partial charge in [-0.15, -0.1) is 0 Å². The average Bonchev–Trinajstić information content (AvgIpc) is 3.36. The van der Waals surface area contributed by atoms with Gasteiger partial charge in [-0.2, -0.15) is 5.10 Å². The molecule has 1 amide bonds. The van der Waals surface area contributed by atoms with E-state index in [1.54, 1.807) is 4.57 Å². The van der Waals surface area contributed by atoms with E-state index in [1.165, 1.54) is 4.68 Å². The van der Waals surface area contributed by atoms with Crippen molar-refractivity contribution in [2.45, 2.75) is 58.2 Å². The Hall–Kier alpha value is -2.08. The summed E-state index contributed by atoms with van der Waals surface area (Å²) in [6.07, 6.45) is 5.04.